The largest absolute Gasteiger partial charge is 0.348 e. The van der Waals surface area contributed by atoms with Crippen LogP contribution in [0.15, 0.2) is 40.7 Å². The number of hydrogen-bond donors (Lipinski definition) is 1. The summed E-state index contributed by atoms with van der Waals surface area (Å²) in [4.78, 5) is 6.52. The van der Waals surface area contributed by atoms with Crippen molar-refractivity contribution in [1.29, 1.82) is 0 Å². The molecular weight excluding hydrogens is 325 g/mol. The first-order valence-corrected chi connectivity index (χ1v) is 9.33. The summed E-state index contributed by atoms with van der Waals surface area (Å²) in [6.07, 6.45) is 3.21. The van der Waals surface area contributed by atoms with Crippen molar-refractivity contribution in [3.63, 3.8) is 0 Å². The van der Waals surface area contributed by atoms with E-state index in [1.807, 2.05) is 5.38 Å². The monoisotopic (exact) mass is 341 g/mol. The Labute approximate surface area is 132 Å². The molecule has 3 rings (SSSR count). The zero-order chi connectivity index (χ0) is 15.6. The first-order valence-electron chi connectivity index (χ1n) is 6.97. The second kappa shape index (κ2) is 6.31. The first kappa shape index (κ1) is 15.4. The van der Waals surface area contributed by atoms with Crippen LogP contribution in [0.2, 0.25) is 0 Å². The third kappa shape index (κ3) is 3.45. The van der Waals surface area contributed by atoms with E-state index in [0.29, 0.717) is 0 Å². The second-order valence-corrected chi connectivity index (χ2v) is 7.74. The average molecular weight is 341 g/mol. The van der Waals surface area contributed by atoms with Gasteiger partial charge in [-0.3, -0.25) is 0 Å². The molecule has 1 aliphatic heterocycles. The molecule has 0 saturated carbocycles. The van der Waals surface area contributed by atoms with Crippen molar-refractivity contribution < 1.29 is 12.8 Å². The Morgan fingerprint density at radius 1 is 1.23 bits per heavy atom. The minimum Gasteiger partial charge on any atom is -0.348 e. The summed E-state index contributed by atoms with van der Waals surface area (Å²) in [6, 6.07) is 4.76. The number of anilines is 1. The Morgan fingerprint density at radius 2 is 1.91 bits per heavy atom. The number of halogens is 1. The zero-order valence-corrected chi connectivity index (χ0v) is 13.4. The van der Waals surface area contributed by atoms with Gasteiger partial charge >= 0.3 is 0 Å². The summed E-state index contributed by atoms with van der Waals surface area (Å²) < 4.78 is 40.1. The van der Waals surface area contributed by atoms with Crippen LogP contribution in [0, 0.1) is 5.82 Å². The van der Waals surface area contributed by atoms with Crippen molar-refractivity contribution in [3.05, 3.63) is 41.7 Å². The maximum Gasteiger partial charge on any atom is 0.240 e. The molecule has 2 aromatic rings. The van der Waals surface area contributed by atoms with Gasteiger partial charge in [-0.05, 0) is 37.1 Å². The third-order valence-electron chi connectivity index (χ3n) is 3.63. The van der Waals surface area contributed by atoms with E-state index in [1.54, 1.807) is 17.5 Å². The van der Waals surface area contributed by atoms with Crippen LogP contribution in [-0.2, 0) is 10.0 Å². The molecule has 1 aromatic heterocycles. The Bertz CT molecular complexity index is 709. The quantitative estimate of drug-likeness (QED) is 0.926. The van der Waals surface area contributed by atoms with Gasteiger partial charge < -0.3 is 4.90 Å². The molecule has 0 bridgehead atoms. The van der Waals surface area contributed by atoms with Crippen molar-refractivity contribution in [3.8, 4) is 0 Å². The van der Waals surface area contributed by atoms with E-state index in [9.17, 15) is 12.8 Å². The summed E-state index contributed by atoms with van der Waals surface area (Å²) in [5.41, 5.74) is 0. The van der Waals surface area contributed by atoms with E-state index in [4.69, 9.17) is 0 Å². The molecule has 22 heavy (non-hydrogen) atoms. The topological polar surface area (TPSA) is 62.3 Å². The minimum absolute atomic E-state index is 0.0938. The normalized spacial score (nSPS) is 16.9. The maximum atomic E-state index is 12.9. The smallest absolute Gasteiger partial charge is 0.240 e. The Hall–Kier alpha value is -1.51. The number of benzene rings is 1. The standard InChI is InChI=1S/C14H16FN3O2S2/c15-11-1-3-13(4-2-11)22(19,20)17-12-5-8-18(9-6-12)14-16-7-10-21-14/h1-4,7,10,12,17H,5-6,8-9H2. The van der Waals surface area contributed by atoms with Crippen LogP contribution in [0.1, 0.15) is 12.8 Å². The lowest BCUT2D eigenvalue weighted by molar-refractivity contribution is 0.460. The van der Waals surface area contributed by atoms with Crippen molar-refractivity contribution in [2.75, 3.05) is 18.0 Å². The molecule has 118 valence electrons. The number of piperidine rings is 1. The lowest BCUT2D eigenvalue weighted by Crippen LogP contribution is -2.44. The summed E-state index contributed by atoms with van der Waals surface area (Å²) in [5, 5.41) is 2.90. The Balaban J connectivity index is 1.61. The molecule has 5 nitrogen and oxygen atoms in total. The van der Waals surface area contributed by atoms with Crippen LogP contribution in [0.3, 0.4) is 0 Å². The summed E-state index contributed by atoms with van der Waals surface area (Å²) in [5.74, 6) is -0.448. The number of thiazole rings is 1. The fourth-order valence-corrected chi connectivity index (χ4v) is 4.46. The lowest BCUT2D eigenvalue weighted by atomic mass is 10.1. The molecule has 8 heteroatoms. The minimum atomic E-state index is -3.60. The van der Waals surface area contributed by atoms with Gasteiger partial charge in [0.1, 0.15) is 5.82 Å². The number of sulfonamides is 1. The highest BCUT2D eigenvalue weighted by Crippen LogP contribution is 2.22. The molecule has 0 amide bonds. The van der Waals surface area contributed by atoms with Gasteiger partial charge in [0.2, 0.25) is 10.0 Å². The van der Waals surface area contributed by atoms with Crippen molar-refractivity contribution in [2.45, 2.75) is 23.8 Å². The van der Waals surface area contributed by atoms with Crippen LogP contribution < -0.4 is 9.62 Å². The molecule has 0 atom stereocenters. The van der Waals surface area contributed by atoms with Crippen LogP contribution in [0.5, 0.6) is 0 Å². The van der Waals surface area contributed by atoms with E-state index in [0.717, 1.165) is 43.2 Å². The van der Waals surface area contributed by atoms with Gasteiger partial charge in [-0.1, -0.05) is 0 Å². The zero-order valence-electron chi connectivity index (χ0n) is 11.8. The highest BCUT2D eigenvalue weighted by Gasteiger charge is 2.25. The predicted octanol–water partition coefficient (Wildman–Crippen LogP) is 2.23. The van der Waals surface area contributed by atoms with Crippen molar-refractivity contribution in [1.82, 2.24) is 9.71 Å². The highest BCUT2D eigenvalue weighted by atomic mass is 32.2. The molecule has 0 spiro atoms. The molecule has 1 fully saturated rings. The first-order chi connectivity index (χ1) is 10.5. The van der Waals surface area contributed by atoms with Gasteiger partial charge in [0.25, 0.3) is 0 Å². The van der Waals surface area contributed by atoms with E-state index in [1.165, 1.54) is 12.1 Å². The number of nitrogens with zero attached hydrogens (tertiary/aromatic N) is 2. The van der Waals surface area contributed by atoms with E-state index in [-0.39, 0.29) is 10.9 Å². The van der Waals surface area contributed by atoms with Crippen LogP contribution in [0.25, 0.3) is 0 Å². The summed E-state index contributed by atoms with van der Waals surface area (Å²) in [6.45, 7) is 1.54. The molecule has 1 aromatic carbocycles. The molecular formula is C14H16FN3O2S2. The van der Waals surface area contributed by atoms with E-state index in [2.05, 4.69) is 14.6 Å². The van der Waals surface area contributed by atoms with Gasteiger partial charge in [-0.25, -0.2) is 22.5 Å². The van der Waals surface area contributed by atoms with Crippen molar-refractivity contribution >= 4 is 26.5 Å². The third-order valence-corrected chi connectivity index (χ3v) is 6.00. The fraction of sp³-hybridized carbons (Fsp3) is 0.357. The number of nitrogens with one attached hydrogen (secondary N) is 1. The molecule has 1 N–H and O–H groups in total. The van der Waals surface area contributed by atoms with Crippen LogP contribution in [0.4, 0.5) is 9.52 Å². The predicted molar refractivity (Wildman–Crippen MR) is 84.1 cm³/mol. The van der Waals surface area contributed by atoms with Gasteiger partial charge in [0.05, 0.1) is 4.90 Å². The maximum absolute atomic E-state index is 12.9. The number of aromatic nitrogens is 1. The van der Waals surface area contributed by atoms with Gasteiger partial charge in [0, 0.05) is 30.7 Å². The van der Waals surface area contributed by atoms with Gasteiger partial charge in [-0.15, -0.1) is 11.3 Å². The Kier molecular flexibility index (Phi) is 4.42. The highest BCUT2D eigenvalue weighted by molar-refractivity contribution is 7.89. The molecule has 0 unspecified atom stereocenters. The number of rotatable bonds is 4. The summed E-state index contributed by atoms with van der Waals surface area (Å²) in [7, 11) is -3.60. The molecule has 2 heterocycles. The van der Waals surface area contributed by atoms with Gasteiger partial charge in [-0.2, -0.15) is 0 Å². The van der Waals surface area contributed by atoms with Gasteiger partial charge in [0.15, 0.2) is 5.13 Å². The van der Waals surface area contributed by atoms with Crippen molar-refractivity contribution in [2.24, 2.45) is 0 Å². The lowest BCUT2D eigenvalue weighted by Gasteiger charge is -2.31. The molecule has 1 aliphatic rings. The van der Waals surface area contributed by atoms with Crippen LogP contribution in [-0.4, -0.2) is 32.5 Å². The average Bonchev–Trinajstić information content (AvgIpc) is 3.02. The fourth-order valence-electron chi connectivity index (χ4n) is 2.46. The van der Waals surface area contributed by atoms with E-state index >= 15 is 0 Å². The molecule has 0 aliphatic carbocycles. The van der Waals surface area contributed by atoms with Crippen LogP contribution >= 0.6 is 11.3 Å². The molecule has 0 radical (unpaired) electrons. The second-order valence-electron chi connectivity index (χ2n) is 5.15. The molecule has 1 saturated heterocycles. The number of hydrogen-bond acceptors (Lipinski definition) is 5. The Morgan fingerprint density at radius 3 is 2.50 bits per heavy atom. The van der Waals surface area contributed by atoms with E-state index < -0.39 is 15.8 Å². The summed E-state index contributed by atoms with van der Waals surface area (Å²) >= 11 is 1.58. The SMILES string of the molecule is O=S(=O)(NC1CCN(c2nccs2)CC1)c1ccc(F)cc1.